The number of amides is 1. The third kappa shape index (κ3) is 6.34. The number of imidazole rings is 1. The van der Waals surface area contributed by atoms with E-state index in [9.17, 15) is 9.59 Å². The van der Waals surface area contributed by atoms with Crippen molar-refractivity contribution < 1.29 is 28.2 Å². The van der Waals surface area contributed by atoms with Crippen molar-refractivity contribution in [3.63, 3.8) is 0 Å². The average Bonchev–Trinajstić information content (AvgIpc) is 3.82. The van der Waals surface area contributed by atoms with Crippen LogP contribution in [0.1, 0.15) is 35.6 Å². The van der Waals surface area contributed by atoms with Crippen LogP contribution in [0.2, 0.25) is 0 Å². The molecule has 4 heterocycles. The predicted octanol–water partition coefficient (Wildman–Crippen LogP) is 5.84. The summed E-state index contributed by atoms with van der Waals surface area (Å²) < 4.78 is 24.3. The molecular weight excluding hydrogens is 560 g/mol. The molecular formula is C34H32N4O6. The molecule has 0 spiro atoms. The second kappa shape index (κ2) is 13.3. The van der Waals surface area contributed by atoms with E-state index < -0.39 is 18.1 Å². The van der Waals surface area contributed by atoms with Crippen molar-refractivity contribution in [1.82, 2.24) is 19.3 Å². The van der Waals surface area contributed by atoms with Crippen molar-refractivity contribution in [2.45, 2.75) is 31.7 Å². The lowest BCUT2D eigenvalue weighted by Gasteiger charge is -2.22. The van der Waals surface area contributed by atoms with Crippen LogP contribution in [0.5, 0.6) is 5.88 Å². The summed E-state index contributed by atoms with van der Waals surface area (Å²) in [6.07, 6.45) is 6.46. The number of esters is 1. The predicted molar refractivity (Wildman–Crippen MR) is 162 cm³/mol. The SMILES string of the molecule is C=CCOC(=O)N1CCCC1C(=O)OCOc1c(Cc2ccco2)nc2c(Cc3ccccc3)nc(-c3ccccc3)cn12. The maximum Gasteiger partial charge on any atom is 0.410 e. The number of hydrogen-bond acceptors (Lipinski definition) is 8. The third-order valence-corrected chi connectivity index (χ3v) is 7.39. The molecule has 5 aromatic rings. The highest BCUT2D eigenvalue weighted by atomic mass is 16.7. The van der Waals surface area contributed by atoms with E-state index in [4.69, 9.17) is 28.6 Å². The Kier molecular flexibility index (Phi) is 8.67. The molecule has 1 amide bonds. The molecule has 1 fully saturated rings. The van der Waals surface area contributed by atoms with Gasteiger partial charge in [0.2, 0.25) is 12.7 Å². The number of aromatic nitrogens is 3. The summed E-state index contributed by atoms with van der Waals surface area (Å²) in [5, 5.41) is 0. The van der Waals surface area contributed by atoms with Crippen LogP contribution in [-0.4, -0.2) is 57.3 Å². The van der Waals surface area contributed by atoms with Crippen molar-refractivity contribution in [2.75, 3.05) is 19.9 Å². The summed E-state index contributed by atoms with van der Waals surface area (Å²) in [4.78, 5) is 36.8. The van der Waals surface area contributed by atoms with Crippen molar-refractivity contribution >= 4 is 17.7 Å². The molecule has 6 rings (SSSR count). The molecule has 2 aromatic carbocycles. The van der Waals surface area contributed by atoms with E-state index in [1.54, 1.807) is 6.26 Å². The number of furan rings is 1. The lowest BCUT2D eigenvalue weighted by atomic mass is 10.1. The fourth-order valence-corrected chi connectivity index (χ4v) is 5.32. The quantitative estimate of drug-likeness (QED) is 0.107. The standard InChI is InChI=1S/C34H32N4O6/c1-2-18-42-34(40)37-17-9-16-30(37)33(39)44-23-43-32-28(21-26-15-10-19-41-26)36-31-27(20-24-11-5-3-6-12-24)35-29(22-38(31)32)25-13-7-4-8-14-25/h2-8,10-15,19,22,30H,1,9,16-18,20-21,23H2. The van der Waals surface area contributed by atoms with Gasteiger partial charge in [-0.1, -0.05) is 73.3 Å². The number of fused-ring (bicyclic) bond motifs is 1. The molecule has 0 radical (unpaired) electrons. The monoisotopic (exact) mass is 592 g/mol. The normalized spacial score (nSPS) is 14.5. The van der Waals surface area contributed by atoms with Gasteiger partial charge in [-0.05, 0) is 30.5 Å². The van der Waals surface area contributed by atoms with E-state index in [0.717, 1.165) is 22.5 Å². The van der Waals surface area contributed by atoms with Crippen molar-refractivity contribution in [1.29, 1.82) is 0 Å². The summed E-state index contributed by atoms with van der Waals surface area (Å²) in [7, 11) is 0. The average molecular weight is 593 g/mol. The van der Waals surface area contributed by atoms with E-state index in [1.807, 2.05) is 71.3 Å². The van der Waals surface area contributed by atoms with Gasteiger partial charge in [0.05, 0.1) is 24.1 Å². The number of carbonyl (C=O) groups is 2. The first-order valence-electron chi connectivity index (χ1n) is 14.5. The van der Waals surface area contributed by atoms with E-state index in [2.05, 4.69) is 18.7 Å². The summed E-state index contributed by atoms with van der Waals surface area (Å²) in [6, 6.07) is 22.9. The van der Waals surface area contributed by atoms with Crippen LogP contribution in [0.4, 0.5) is 4.79 Å². The molecule has 10 heteroatoms. The second-order valence-corrected chi connectivity index (χ2v) is 10.4. The lowest BCUT2D eigenvalue weighted by Crippen LogP contribution is -2.42. The van der Waals surface area contributed by atoms with Crippen LogP contribution in [0.3, 0.4) is 0 Å². The summed E-state index contributed by atoms with van der Waals surface area (Å²) in [5.74, 6) is 0.554. The van der Waals surface area contributed by atoms with Crippen molar-refractivity contribution in [3.05, 3.63) is 121 Å². The summed E-state index contributed by atoms with van der Waals surface area (Å²) >= 11 is 0. The first-order chi connectivity index (χ1) is 21.6. The topological polar surface area (TPSA) is 108 Å². The first kappa shape index (κ1) is 28.7. The van der Waals surface area contributed by atoms with Gasteiger partial charge in [0.15, 0.2) is 5.65 Å². The summed E-state index contributed by atoms with van der Waals surface area (Å²) in [5.41, 5.74) is 4.77. The van der Waals surface area contributed by atoms with Gasteiger partial charge in [-0.15, -0.1) is 0 Å². The Morgan fingerprint density at radius 2 is 1.75 bits per heavy atom. The number of rotatable bonds is 11. The van der Waals surface area contributed by atoms with Crippen LogP contribution < -0.4 is 4.74 Å². The number of ether oxygens (including phenoxy) is 3. The zero-order chi connectivity index (χ0) is 30.3. The first-order valence-corrected chi connectivity index (χ1v) is 14.5. The second-order valence-electron chi connectivity index (χ2n) is 10.4. The molecule has 1 saturated heterocycles. The van der Waals surface area contributed by atoms with Crippen LogP contribution >= 0.6 is 0 Å². The molecule has 0 aliphatic carbocycles. The van der Waals surface area contributed by atoms with Crippen LogP contribution in [0.15, 0.2) is 102 Å². The zero-order valence-corrected chi connectivity index (χ0v) is 24.1. The van der Waals surface area contributed by atoms with Gasteiger partial charge < -0.3 is 18.6 Å². The molecule has 44 heavy (non-hydrogen) atoms. The van der Waals surface area contributed by atoms with Gasteiger partial charge >= 0.3 is 12.1 Å². The van der Waals surface area contributed by atoms with Crippen molar-refractivity contribution in [2.24, 2.45) is 0 Å². The van der Waals surface area contributed by atoms with E-state index in [-0.39, 0.29) is 13.4 Å². The number of hydrogen-bond donors (Lipinski definition) is 0. The Morgan fingerprint density at radius 1 is 0.955 bits per heavy atom. The molecule has 224 valence electrons. The van der Waals surface area contributed by atoms with Crippen molar-refractivity contribution in [3.8, 4) is 17.1 Å². The van der Waals surface area contributed by atoms with Crippen LogP contribution in [0, 0.1) is 0 Å². The Labute approximate surface area is 254 Å². The van der Waals surface area contributed by atoms with Gasteiger partial charge in [-0.3, -0.25) is 9.30 Å². The fraction of sp³-hybridized carbons (Fsp3) is 0.235. The molecule has 3 aromatic heterocycles. The Balaban J connectivity index is 1.32. The molecule has 1 unspecified atom stereocenters. The molecule has 0 N–H and O–H groups in total. The minimum Gasteiger partial charge on any atom is -0.469 e. The molecule has 1 aliphatic rings. The minimum absolute atomic E-state index is 0.0685. The van der Waals surface area contributed by atoms with Crippen LogP contribution in [0.25, 0.3) is 16.9 Å². The summed E-state index contributed by atoms with van der Waals surface area (Å²) in [6.45, 7) is 3.67. The highest BCUT2D eigenvalue weighted by molar-refractivity contribution is 5.82. The van der Waals surface area contributed by atoms with E-state index in [0.29, 0.717) is 55.2 Å². The highest BCUT2D eigenvalue weighted by Crippen LogP contribution is 2.29. The zero-order valence-electron chi connectivity index (χ0n) is 24.1. The van der Waals surface area contributed by atoms with Gasteiger partial charge in [0.1, 0.15) is 24.1 Å². The molecule has 1 aliphatic heterocycles. The minimum atomic E-state index is -0.743. The van der Waals surface area contributed by atoms with Gasteiger partial charge in [-0.25, -0.2) is 19.6 Å². The number of likely N-dealkylation sites (tertiary alicyclic amines) is 1. The maximum absolute atomic E-state index is 13.0. The molecule has 1 atom stereocenters. The fourth-order valence-electron chi connectivity index (χ4n) is 5.32. The van der Waals surface area contributed by atoms with E-state index in [1.165, 1.54) is 11.0 Å². The molecule has 10 nitrogen and oxygen atoms in total. The highest BCUT2D eigenvalue weighted by Gasteiger charge is 2.36. The number of benzene rings is 2. The lowest BCUT2D eigenvalue weighted by molar-refractivity contribution is -0.155. The van der Waals surface area contributed by atoms with Gasteiger partial charge in [0.25, 0.3) is 0 Å². The maximum atomic E-state index is 13.0. The van der Waals surface area contributed by atoms with E-state index >= 15 is 0 Å². The molecule has 0 bridgehead atoms. The Bertz CT molecular complexity index is 1730. The number of carbonyl (C=O) groups excluding carboxylic acids is 2. The van der Waals surface area contributed by atoms with Gasteiger partial charge in [0, 0.05) is 24.7 Å². The number of nitrogens with zero attached hydrogens (tertiary/aromatic N) is 4. The smallest absolute Gasteiger partial charge is 0.410 e. The Hall–Kier alpha value is -5.38. The van der Waals surface area contributed by atoms with Gasteiger partial charge in [-0.2, -0.15) is 0 Å². The molecule has 0 saturated carbocycles. The Morgan fingerprint density at radius 3 is 2.50 bits per heavy atom. The van der Waals surface area contributed by atoms with Crippen LogP contribution in [-0.2, 0) is 27.1 Å². The largest absolute Gasteiger partial charge is 0.469 e. The third-order valence-electron chi connectivity index (χ3n) is 7.39.